The first-order valence-electron chi connectivity index (χ1n) is 10.4. The van der Waals surface area contributed by atoms with Gasteiger partial charge >= 0.3 is 0 Å². The Kier molecular flexibility index (Phi) is 7.54. The lowest BCUT2D eigenvalue weighted by Crippen LogP contribution is -2.14. The number of nitrogens with zero attached hydrogens (tertiary/aromatic N) is 2. The van der Waals surface area contributed by atoms with E-state index >= 15 is 0 Å². The molecule has 0 atom stereocenters. The molecule has 34 heavy (non-hydrogen) atoms. The molecule has 1 amide bonds. The minimum Gasteiger partial charge on any atom is -0.324 e. The van der Waals surface area contributed by atoms with E-state index in [2.05, 4.69) is 11.4 Å². The van der Waals surface area contributed by atoms with Gasteiger partial charge in [-0.15, -0.1) is 0 Å². The molecule has 0 saturated heterocycles. The van der Waals surface area contributed by atoms with Crippen molar-refractivity contribution in [3.05, 3.63) is 100 Å². The Morgan fingerprint density at radius 3 is 2.44 bits per heavy atom. The Balaban J connectivity index is 1.68. The van der Waals surface area contributed by atoms with E-state index in [4.69, 9.17) is 28.2 Å². The van der Waals surface area contributed by atoms with Crippen LogP contribution in [0.2, 0.25) is 10.0 Å². The number of thioether (sulfide) groups is 1. The van der Waals surface area contributed by atoms with Crippen LogP contribution < -0.4 is 5.32 Å². The maximum Gasteiger partial charge on any atom is 0.234 e. The smallest absolute Gasteiger partial charge is 0.234 e. The second-order valence-corrected chi connectivity index (χ2v) is 9.27. The van der Waals surface area contributed by atoms with E-state index in [1.54, 1.807) is 18.2 Å². The van der Waals surface area contributed by atoms with Gasteiger partial charge in [0.1, 0.15) is 11.1 Å². The number of amides is 1. The number of carbonyl (C=O) groups is 1. The predicted octanol–water partition coefficient (Wildman–Crippen LogP) is 7.63. The van der Waals surface area contributed by atoms with Gasteiger partial charge in [-0.25, -0.2) is 4.98 Å². The Hall–Kier alpha value is -3.30. The fourth-order valence-corrected chi connectivity index (χ4v) is 4.52. The maximum atomic E-state index is 12.7. The highest BCUT2D eigenvalue weighted by Crippen LogP contribution is 2.35. The van der Waals surface area contributed by atoms with Crippen LogP contribution in [0.5, 0.6) is 0 Å². The van der Waals surface area contributed by atoms with Gasteiger partial charge in [0.05, 0.1) is 32.7 Å². The monoisotopic (exact) mass is 503 g/mol. The molecular weight excluding hydrogens is 485 g/mol. The van der Waals surface area contributed by atoms with Crippen molar-refractivity contribution in [1.82, 2.24) is 4.98 Å². The first-order valence-corrected chi connectivity index (χ1v) is 12.1. The number of pyridine rings is 1. The third-order valence-electron chi connectivity index (χ3n) is 5.10. The number of halogens is 2. The van der Waals surface area contributed by atoms with Crippen LogP contribution in [-0.4, -0.2) is 16.6 Å². The number of aryl methyl sites for hydroxylation is 1. The topological polar surface area (TPSA) is 65.8 Å². The summed E-state index contributed by atoms with van der Waals surface area (Å²) >= 11 is 13.4. The van der Waals surface area contributed by atoms with Gasteiger partial charge in [-0.1, -0.05) is 101 Å². The summed E-state index contributed by atoms with van der Waals surface area (Å²) < 4.78 is 0. The van der Waals surface area contributed by atoms with Gasteiger partial charge in [0.25, 0.3) is 0 Å². The van der Waals surface area contributed by atoms with Crippen molar-refractivity contribution in [2.75, 3.05) is 11.1 Å². The highest BCUT2D eigenvalue weighted by molar-refractivity contribution is 8.00. The molecule has 0 saturated carbocycles. The highest BCUT2D eigenvalue weighted by atomic mass is 35.5. The Morgan fingerprint density at radius 1 is 1.00 bits per heavy atom. The average molecular weight is 504 g/mol. The molecular formula is C27H19Cl2N3OS. The van der Waals surface area contributed by atoms with E-state index in [1.165, 1.54) is 11.8 Å². The fraction of sp³-hybridized carbons (Fsp3) is 0.0741. The molecule has 0 radical (unpaired) electrons. The largest absolute Gasteiger partial charge is 0.324 e. The number of hydrogen-bond donors (Lipinski definition) is 1. The molecule has 1 N–H and O–H groups in total. The number of benzene rings is 3. The molecule has 0 spiro atoms. The van der Waals surface area contributed by atoms with Gasteiger partial charge < -0.3 is 5.32 Å². The SMILES string of the molecule is Cc1ccc(-c2cc(-c3ccccc3)c(C#N)c(SCC(=O)Nc3cccc(Cl)c3Cl)n2)cc1. The Morgan fingerprint density at radius 2 is 1.74 bits per heavy atom. The average Bonchev–Trinajstić information content (AvgIpc) is 2.86. The summed E-state index contributed by atoms with van der Waals surface area (Å²) in [7, 11) is 0. The Labute approximate surface area is 212 Å². The first kappa shape index (κ1) is 23.8. The van der Waals surface area contributed by atoms with Crippen molar-refractivity contribution < 1.29 is 4.79 Å². The lowest BCUT2D eigenvalue weighted by atomic mass is 9.99. The molecule has 0 bridgehead atoms. The van der Waals surface area contributed by atoms with Crippen LogP contribution in [0.1, 0.15) is 11.1 Å². The molecule has 4 nitrogen and oxygen atoms in total. The molecule has 0 unspecified atom stereocenters. The highest BCUT2D eigenvalue weighted by Gasteiger charge is 2.17. The van der Waals surface area contributed by atoms with Crippen molar-refractivity contribution in [1.29, 1.82) is 5.26 Å². The summed E-state index contributed by atoms with van der Waals surface area (Å²) in [6.45, 7) is 2.03. The van der Waals surface area contributed by atoms with Crippen molar-refractivity contribution >= 4 is 46.6 Å². The predicted molar refractivity (Wildman–Crippen MR) is 140 cm³/mol. The van der Waals surface area contributed by atoms with E-state index in [9.17, 15) is 10.1 Å². The molecule has 0 aliphatic heterocycles. The zero-order valence-electron chi connectivity index (χ0n) is 18.2. The fourth-order valence-electron chi connectivity index (χ4n) is 3.37. The van der Waals surface area contributed by atoms with Crippen LogP contribution in [0.15, 0.2) is 83.9 Å². The van der Waals surface area contributed by atoms with E-state index in [0.717, 1.165) is 27.9 Å². The van der Waals surface area contributed by atoms with Crippen LogP contribution in [0.3, 0.4) is 0 Å². The summed E-state index contributed by atoms with van der Waals surface area (Å²) in [4.78, 5) is 17.4. The third kappa shape index (κ3) is 5.43. The normalized spacial score (nSPS) is 10.5. The minimum absolute atomic E-state index is 0.0517. The van der Waals surface area contributed by atoms with Crippen molar-refractivity contribution in [3.8, 4) is 28.5 Å². The molecule has 1 aromatic heterocycles. The molecule has 0 fully saturated rings. The van der Waals surface area contributed by atoms with Crippen LogP contribution in [0, 0.1) is 18.3 Å². The minimum atomic E-state index is -0.276. The second-order valence-electron chi connectivity index (χ2n) is 7.52. The van der Waals surface area contributed by atoms with Crippen molar-refractivity contribution in [2.24, 2.45) is 0 Å². The van der Waals surface area contributed by atoms with Gasteiger partial charge in [-0.3, -0.25) is 4.79 Å². The first-order chi connectivity index (χ1) is 16.5. The molecule has 4 rings (SSSR count). The van der Waals surface area contributed by atoms with Crippen LogP contribution in [-0.2, 0) is 4.79 Å². The summed E-state index contributed by atoms with van der Waals surface area (Å²) in [6, 6.07) is 27.0. The van der Waals surface area contributed by atoms with Crippen LogP contribution in [0.4, 0.5) is 5.69 Å². The number of carbonyl (C=O) groups excluding carboxylic acids is 1. The molecule has 1 heterocycles. The molecule has 0 aliphatic carbocycles. The number of anilines is 1. The van der Waals surface area contributed by atoms with E-state index in [0.29, 0.717) is 21.3 Å². The standard InChI is InChI=1S/C27H19Cl2N3OS/c1-17-10-12-19(13-11-17)24-14-20(18-6-3-2-4-7-18)21(15-30)27(32-24)34-16-25(33)31-23-9-5-8-22(28)26(23)29/h2-14H,16H2,1H3,(H,31,33). The summed E-state index contributed by atoms with van der Waals surface area (Å²) in [5, 5.41) is 13.9. The van der Waals surface area contributed by atoms with E-state index < -0.39 is 0 Å². The lowest BCUT2D eigenvalue weighted by molar-refractivity contribution is -0.113. The van der Waals surface area contributed by atoms with E-state index in [1.807, 2.05) is 67.6 Å². The van der Waals surface area contributed by atoms with Crippen molar-refractivity contribution in [2.45, 2.75) is 11.9 Å². The summed E-state index contributed by atoms with van der Waals surface area (Å²) in [5.41, 5.74) is 5.36. The number of aromatic nitrogens is 1. The molecule has 4 aromatic rings. The lowest BCUT2D eigenvalue weighted by Gasteiger charge is -2.13. The molecule has 168 valence electrons. The van der Waals surface area contributed by atoms with Gasteiger partial charge in [0, 0.05) is 11.1 Å². The zero-order valence-corrected chi connectivity index (χ0v) is 20.5. The number of hydrogen-bond acceptors (Lipinski definition) is 4. The van der Waals surface area contributed by atoms with Gasteiger partial charge in [-0.05, 0) is 30.7 Å². The number of nitrogens with one attached hydrogen (secondary N) is 1. The zero-order chi connectivity index (χ0) is 24.1. The van der Waals surface area contributed by atoms with Gasteiger partial charge in [-0.2, -0.15) is 5.26 Å². The van der Waals surface area contributed by atoms with Crippen LogP contribution >= 0.6 is 35.0 Å². The quantitative estimate of drug-likeness (QED) is 0.274. The van der Waals surface area contributed by atoms with Crippen LogP contribution in [0.25, 0.3) is 22.4 Å². The maximum absolute atomic E-state index is 12.7. The summed E-state index contributed by atoms with van der Waals surface area (Å²) in [5.74, 6) is -0.224. The number of nitriles is 1. The Bertz CT molecular complexity index is 1380. The van der Waals surface area contributed by atoms with Gasteiger partial charge in [0.15, 0.2) is 0 Å². The second kappa shape index (κ2) is 10.8. The summed E-state index contributed by atoms with van der Waals surface area (Å²) in [6.07, 6.45) is 0. The molecule has 0 aliphatic rings. The molecule has 7 heteroatoms. The van der Waals surface area contributed by atoms with E-state index in [-0.39, 0.29) is 16.7 Å². The van der Waals surface area contributed by atoms with Gasteiger partial charge in [0.2, 0.25) is 5.91 Å². The third-order valence-corrected chi connectivity index (χ3v) is 6.89. The van der Waals surface area contributed by atoms with Crippen molar-refractivity contribution in [3.63, 3.8) is 0 Å². The molecule has 3 aromatic carbocycles. The number of rotatable bonds is 6.